The van der Waals surface area contributed by atoms with Crippen molar-refractivity contribution < 1.29 is 30.4 Å². The van der Waals surface area contributed by atoms with Crippen LogP contribution in [0.2, 0.25) is 0 Å². The van der Waals surface area contributed by atoms with E-state index in [1.165, 1.54) is 66.7 Å². The predicted octanol–water partition coefficient (Wildman–Crippen LogP) is 9.32. The van der Waals surface area contributed by atoms with Crippen LogP contribution in [0, 0.1) is 17.6 Å². The van der Waals surface area contributed by atoms with Crippen LogP contribution >= 0.6 is 25.7 Å². The minimum atomic E-state index is -3.73. The molecule has 0 spiro atoms. The molecule has 1 heterocycles. The first-order valence-electron chi connectivity index (χ1n) is 15.7. The van der Waals surface area contributed by atoms with Crippen molar-refractivity contribution in [1.82, 2.24) is 0 Å². The Morgan fingerprint density at radius 3 is 1.67 bits per heavy atom. The Bertz CT molecular complexity index is 2110. The van der Waals surface area contributed by atoms with Crippen LogP contribution in [0.1, 0.15) is 61.1 Å². The zero-order valence-corrected chi connectivity index (χ0v) is 35.1. The number of rotatable bonds is 4. The Hall–Kier alpha value is -3.21. The molecule has 4 aromatic carbocycles. The summed E-state index contributed by atoms with van der Waals surface area (Å²) in [4.78, 5) is 10.2. The number of aldehydes is 1. The van der Waals surface area contributed by atoms with Crippen LogP contribution in [0.25, 0.3) is 0 Å². The van der Waals surface area contributed by atoms with Gasteiger partial charge in [-0.25, -0.2) is 35.9 Å². The first kappa shape index (κ1) is 49.8. The normalized spacial score (nSPS) is 16.7. The third-order valence-corrected chi connectivity index (χ3v) is 9.60. The second kappa shape index (κ2) is 23.8. The number of allylic oxidation sites excluding steroid dienone is 6. The SMILES string of the molecule is C.C.C1=CCC=C1.NS(=O)(=O)c1ccc2c(c1)C1C=CCC1C(c1ccc(F)cc1)N2.Nc1ccc(S(N)(=O)=O)cc1.O=Cc1ccc(F)cc1.[Cl][In]([Cl])[Cl]. The van der Waals surface area contributed by atoms with Crippen molar-refractivity contribution in [2.24, 2.45) is 16.2 Å². The molecule has 3 aliphatic rings. The molecule has 0 saturated carbocycles. The van der Waals surface area contributed by atoms with Gasteiger partial charge < -0.3 is 11.1 Å². The first-order valence-corrected chi connectivity index (χ1v) is 31.3. The zero-order chi connectivity index (χ0) is 39.2. The van der Waals surface area contributed by atoms with Crippen molar-refractivity contribution in [3.8, 4) is 0 Å². The van der Waals surface area contributed by atoms with Gasteiger partial charge in [-0.2, -0.15) is 0 Å². The third-order valence-electron chi connectivity index (χ3n) is 7.76. The molecule has 0 amide bonds. The molecule has 296 valence electrons. The van der Waals surface area contributed by atoms with E-state index in [9.17, 15) is 30.4 Å². The predicted molar refractivity (Wildman–Crippen MR) is 224 cm³/mol. The van der Waals surface area contributed by atoms with Crippen LogP contribution in [0.15, 0.2) is 137 Å². The van der Waals surface area contributed by atoms with Crippen molar-refractivity contribution in [1.29, 1.82) is 0 Å². The summed E-state index contributed by atoms with van der Waals surface area (Å²) in [6.07, 6.45) is 15.3. The molecule has 3 unspecified atom stereocenters. The van der Waals surface area contributed by atoms with Crippen molar-refractivity contribution in [3.05, 3.63) is 156 Å². The Morgan fingerprint density at radius 2 is 1.22 bits per heavy atom. The molecular weight excluding hydrogens is 916 g/mol. The molecule has 3 atom stereocenters. The van der Waals surface area contributed by atoms with E-state index in [1.54, 1.807) is 24.3 Å². The molecule has 17 heteroatoms. The summed E-state index contributed by atoms with van der Waals surface area (Å²) in [5.74, 6) is -0.189. The van der Waals surface area contributed by atoms with E-state index in [-0.39, 0.29) is 54.2 Å². The number of nitrogens with one attached hydrogen (secondary N) is 1. The quantitative estimate of drug-likeness (QED) is 0.0896. The van der Waals surface area contributed by atoms with Crippen LogP contribution in [0.5, 0.6) is 0 Å². The van der Waals surface area contributed by atoms with Crippen LogP contribution < -0.4 is 21.3 Å². The van der Waals surface area contributed by atoms with Gasteiger partial charge in [0.05, 0.1) is 15.8 Å². The molecule has 0 saturated heterocycles. The van der Waals surface area contributed by atoms with Gasteiger partial charge in [-0.3, -0.25) is 4.79 Å². The third kappa shape index (κ3) is 16.8. The number of carbonyl (C=O) groups excluding carboxylic acids is 1. The van der Waals surface area contributed by atoms with Gasteiger partial charge in [0.1, 0.15) is 17.9 Å². The average Bonchev–Trinajstić information content (AvgIpc) is 3.85. The molecule has 0 radical (unpaired) electrons. The number of carbonyl (C=O) groups is 1. The van der Waals surface area contributed by atoms with Gasteiger partial charge in [-0.1, -0.05) is 63.4 Å². The molecule has 7 N–H and O–H groups in total. The number of benzene rings is 4. The molecule has 0 fully saturated rings. The fourth-order valence-corrected chi connectivity index (χ4v) is 6.41. The summed E-state index contributed by atoms with van der Waals surface area (Å²) in [5.41, 5.74) is 9.20. The molecule has 1 aliphatic heterocycles. The second-order valence-electron chi connectivity index (χ2n) is 11.4. The van der Waals surface area contributed by atoms with E-state index < -0.39 is 37.9 Å². The first-order chi connectivity index (χ1) is 25.0. The molecule has 7 rings (SSSR count). The Balaban J connectivity index is 0.000000406. The summed E-state index contributed by atoms with van der Waals surface area (Å²) in [6, 6.07) is 22.6. The van der Waals surface area contributed by atoms with Gasteiger partial charge in [-0.05, 0) is 109 Å². The summed E-state index contributed by atoms with van der Waals surface area (Å²) in [5, 5.41) is 13.6. The van der Waals surface area contributed by atoms with Crippen LogP contribution in [0.4, 0.5) is 20.2 Å². The second-order valence-corrected chi connectivity index (χ2v) is 29.3. The summed E-state index contributed by atoms with van der Waals surface area (Å²) in [6.45, 7) is 0. The van der Waals surface area contributed by atoms with Crippen molar-refractivity contribution in [2.45, 2.75) is 49.4 Å². The van der Waals surface area contributed by atoms with Gasteiger partial charge in [0, 0.05) is 22.9 Å². The van der Waals surface area contributed by atoms with Gasteiger partial charge in [0.25, 0.3) is 0 Å². The molecule has 0 aromatic heterocycles. The van der Waals surface area contributed by atoms with Crippen LogP contribution in [-0.2, 0) is 20.0 Å². The number of nitrogens with two attached hydrogens (primary N) is 3. The molecule has 4 aromatic rings. The number of halogens is 5. The Morgan fingerprint density at radius 1 is 0.727 bits per heavy atom. The molecule has 9 nitrogen and oxygen atoms in total. The number of sulfonamides is 2. The van der Waals surface area contributed by atoms with Crippen molar-refractivity contribution in [3.63, 3.8) is 0 Å². The molecular formula is C38H44Cl3F2InN4O5S2. The van der Waals surface area contributed by atoms with Crippen molar-refractivity contribution >= 4 is 81.3 Å². The van der Waals surface area contributed by atoms with Gasteiger partial charge in [0.15, 0.2) is 0 Å². The minimum absolute atomic E-state index is 0. The molecule has 2 aliphatic carbocycles. The number of nitrogen functional groups attached to an aromatic ring is 1. The van der Waals surface area contributed by atoms with E-state index >= 15 is 0 Å². The zero-order valence-electron chi connectivity index (χ0n) is 27.9. The summed E-state index contributed by atoms with van der Waals surface area (Å²) in [7, 11) is 7.74. The average molecular weight is 960 g/mol. The molecule has 0 bridgehead atoms. The number of hydrogen-bond donors (Lipinski definition) is 4. The van der Waals surface area contributed by atoms with Crippen LogP contribution in [-0.4, -0.2) is 41.0 Å². The topological polar surface area (TPSA) is 175 Å². The number of hydrogen-bond acceptors (Lipinski definition) is 7. The maximum absolute atomic E-state index is 13.2. The summed E-state index contributed by atoms with van der Waals surface area (Å²) < 4.78 is 69.9. The van der Waals surface area contributed by atoms with E-state index in [0.717, 1.165) is 29.7 Å². The summed E-state index contributed by atoms with van der Waals surface area (Å²) >= 11 is -2.22. The number of anilines is 2. The van der Waals surface area contributed by atoms with Crippen molar-refractivity contribution in [2.75, 3.05) is 11.1 Å². The monoisotopic (exact) mass is 958 g/mol. The number of fused-ring (bicyclic) bond motifs is 3. The standard InChI is InChI=1S/C18H17FN2O2S.C7H5FO.C6H8N2O2S.C5H6.2CH4.3ClH.In/c19-12-6-4-11(5-7-12)18-15-3-1-2-14(15)16-10-13(24(20,22)23)8-9-17(16)21-18;8-7-3-1-6(5-9)2-4-7;7-5-1-3-6(4-2-5)11(8,9)10;1-2-4-5-3-1;;;;;;/h1-2,4-10,14-15,18,21H,3H2,(H2,20,22,23);1-5H;1-4H,7H2,(H2,8,9,10);1-4H,5H2;2*1H4;3*1H;/q;;;;;;;;;+3/p-3. The van der Waals surface area contributed by atoms with E-state index in [0.29, 0.717) is 17.5 Å². The fraction of sp³-hybridized carbons (Fsp3) is 0.184. The van der Waals surface area contributed by atoms with E-state index in [2.05, 4.69) is 41.8 Å². The van der Waals surface area contributed by atoms with Gasteiger partial charge in [0.2, 0.25) is 20.0 Å². The van der Waals surface area contributed by atoms with Crippen LogP contribution in [0.3, 0.4) is 0 Å². The van der Waals surface area contributed by atoms with E-state index in [1.807, 2.05) is 0 Å². The van der Waals surface area contributed by atoms with Gasteiger partial charge >= 0.3 is 43.6 Å². The Kier molecular flexibility index (Phi) is 21.5. The van der Waals surface area contributed by atoms with Gasteiger partial charge in [-0.15, -0.1) is 0 Å². The van der Waals surface area contributed by atoms with E-state index in [4.69, 9.17) is 41.7 Å². The maximum atomic E-state index is 13.2. The molecule has 55 heavy (non-hydrogen) atoms. The number of primary sulfonamides is 2. The fourth-order valence-electron chi connectivity index (χ4n) is 5.34. The Labute approximate surface area is 341 Å².